The Hall–Kier alpha value is -1.07. The second-order valence-electron chi connectivity index (χ2n) is 6.02. The number of rotatable bonds is 3. The van der Waals surface area contributed by atoms with Crippen molar-refractivity contribution in [2.45, 2.75) is 43.8 Å². The number of amides is 1. The third-order valence-corrected chi connectivity index (χ3v) is 5.20. The number of carbonyl (C=O) groups is 1. The standard InChI is InChI=1S/C16H21BrN2O2/c1-19(13-8-11-4-5-12(9-13)18-11)16(20)14-6-3-10(17)7-15(14)21-2/h3,6-7,11-13,18H,4-5,8-9H2,1-2H3. The molecule has 2 atom stereocenters. The van der Waals surface area contributed by atoms with E-state index in [0.717, 1.165) is 17.3 Å². The summed E-state index contributed by atoms with van der Waals surface area (Å²) in [6.07, 6.45) is 4.59. The predicted octanol–water partition coefficient (Wildman–Crippen LogP) is 2.81. The van der Waals surface area contributed by atoms with Gasteiger partial charge in [-0.1, -0.05) is 15.9 Å². The minimum Gasteiger partial charge on any atom is -0.496 e. The summed E-state index contributed by atoms with van der Waals surface area (Å²) in [6, 6.07) is 7.04. The molecular weight excluding hydrogens is 332 g/mol. The van der Waals surface area contributed by atoms with E-state index in [1.165, 1.54) is 12.8 Å². The number of benzene rings is 1. The number of piperidine rings is 1. The summed E-state index contributed by atoms with van der Waals surface area (Å²) < 4.78 is 6.26. The lowest BCUT2D eigenvalue weighted by Gasteiger charge is -2.35. The van der Waals surface area contributed by atoms with Crippen LogP contribution in [0.2, 0.25) is 0 Å². The van der Waals surface area contributed by atoms with Gasteiger partial charge in [-0.2, -0.15) is 0 Å². The molecule has 0 aromatic heterocycles. The van der Waals surface area contributed by atoms with E-state index in [4.69, 9.17) is 4.74 Å². The average molecular weight is 353 g/mol. The molecule has 4 nitrogen and oxygen atoms in total. The van der Waals surface area contributed by atoms with Crippen molar-refractivity contribution >= 4 is 21.8 Å². The molecule has 2 fully saturated rings. The minimum atomic E-state index is 0.0469. The van der Waals surface area contributed by atoms with Crippen LogP contribution in [0.4, 0.5) is 0 Å². The smallest absolute Gasteiger partial charge is 0.257 e. The van der Waals surface area contributed by atoms with E-state index in [2.05, 4.69) is 21.2 Å². The summed E-state index contributed by atoms with van der Waals surface area (Å²) in [5.74, 6) is 0.670. The van der Waals surface area contributed by atoms with Crippen LogP contribution >= 0.6 is 15.9 Å². The van der Waals surface area contributed by atoms with Gasteiger partial charge < -0.3 is 15.0 Å². The molecule has 21 heavy (non-hydrogen) atoms. The molecule has 0 saturated carbocycles. The molecule has 2 unspecified atom stereocenters. The number of hydrogen-bond acceptors (Lipinski definition) is 3. The van der Waals surface area contributed by atoms with Crippen molar-refractivity contribution in [3.8, 4) is 5.75 Å². The van der Waals surface area contributed by atoms with Crippen molar-refractivity contribution in [3.63, 3.8) is 0 Å². The lowest BCUT2D eigenvalue weighted by atomic mass is 9.98. The molecule has 2 aliphatic heterocycles. The largest absolute Gasteiger partial charge is 0.496 e. The molecule has 0 spiro atoms. The fourth-order valence-corrected chi connectivity index (χ4v) is 3.88. The van der Waals surface area contributed by atoms with E-state index in [1.54, 1.807) is 7.11 Å². The first-order valence-corrected chi connectivity index (χ1v) is 8.24. The Morgan fingerprint density at radius 2 is 2.00 bits per heavy atom. The SMILES string of the molecule is COc1cc(Br)ccc1C(=O)N(C)C1CC2CCC(C1)N2. The number of ether oxygens (including phenoxy) is 1. The summed E-state index contributed by atoms with van der Waals surface area (Å²) in [5.41, 5.74) is 0.633. The van der Waals surface area contributed by atoms with E-state index >= 15 is 0 Å². The van der Waals surface area contributed by atoms with Crippen molar-refractivity contribution in [3.05, 3.63) is 28.2 Å². The van der Waals surface area contributed by atoms with Gasteiger partial charge in [0.2, 0.25) is 0 Å². The van der Waals surface area contributed by atoms with Gasteiger partial charge in [0.05, 0.1) is 12.7 Å². The van der Waals surface area contributed by atoms with Crippen LogP contribution in [0.1, 0.15) is 36.0 Å². The molecule has 5 heteroatoms. The molecule has 2 aliphatic rings. The van der Waals surface area contributed by atoms with Gasteiger partial charge in [-0.15, -0.1) is 0 Å². The van der Waals surface area contributed by atoms with Crippen LogP contribution in [0, 0.1) is 0 Å². The van der Waals surface area contributed by atoms with Crippen molar-refractivity contribution in [1.29, 1.82) is 0 Å². The number of hydrogen-bond donors (Lipinski definition) is 1. The molecular formula is C16H21BrN2O2. The molecule has 114 valence electrons. The molecule has 2 heterocycles. The Bertz CT molecular complexity index is 537. The predicted molar refractivity (Wildman–Crippen MR) is 85.8 cm³/mol. The molecule has 1 amide bonds. The zero-order chi connectivity index (χ0) is 15.0. The summed E-state index contributed by atoms with van der Waals surface area (Å²) in [5, 5.41) is 3.62. The van der Waals surface area contributed by atoms with Crippen molar-refractivity contribution in [2.75, 3.05) is 14.2 Å². The van der Waals surface area contributed by atoms with Gasteiger partial charge in [-0.25, -0.2) is 0 Å². The summed E-state index contributed by atoms with van der Waals surface area (Å²) >= 11 is 3.41. The van der Waals surface area contributed by atoms with Crippen LogP contribution in [-0.4, -0.2) is 43.1 Å². The highest BCUT2D eigenvalue weighted by molar-refractivity contribution is 9.10. The zero-order valence-electron chi connectivity index (χ0n) is 12.4. The fourth-order valence-electron chi connectivity index (χ4n) is 3.54. The molecule has 2 saturated heterocycles. The molecule has 1 N–H and O–H groups in total. The number of nitrogens with one attached hydrogen (secondary N) is 1. The monoisotopic (exact) mass is 352 g/mol. The van der Waals surface area contributed by atoms with E-state index < -0.39 is 0 Å². The fraction of sp³-hybridized carbons (Fsp3) is 0.562. The van der Waals surface area contributed by atoms with Crippen molar-refractivity contribution < 1.29 is 9.53 Å². The topological polar surface area (TPSA) is 41.6 Å². The minimum absolute atomic E-state index is 0.0469. The maximum atomic E-state index is 12.8. The molecule has 1 aromatic carbocycles. The highest BCUT2D eigenvalue weighted by Gasteiger charge is 2.36. The average Bonchev–Trinajstić information content (AvgIpc) is 2.84. The summed E-state index contributed by atoms with van der Waals surface area (Å²) in [6.45, 7) is 0. The number of methoxy groups -OCH3 is 1. The van der Waals surface area contributed by atoms with Crippen LogP contribution in [0.15, 0.2) is 22.7 Å². The third kappa shape index (κ3) is 2.94. The maximum absolute atomic E-state index is 12.8. The van der Waals surface area contributed by atoms with Crippen LogP contribution < -0.4 is 10.1 Å². The van der Waals surface area contributed by atoms with Crippen LogP contribution in [0.25, 0.3) is 0 Å². The second-order valence-corrected chi connectivity index (χ2v) is 6.94. The van der Waals surface area contributed by atoms with Crippen LogP contribution in [0.3, 0.4) is 0 Å². The van der Waals surface area contributed by atoms with E-state index in [9.17, 15) is 4.79 Å². The lowest BCUT2D eigenvalue weighted by molar-refractivity contribution is 0.0678. The highest BCUT2D eigenvalue weighted by atomic mass is 79.9. The Morgan fingerprint density at radius 3 is 2.62 bits per heavy atom. The summed E-state index contributed by atoms with van der Waals surface area (Å²) in [7, 11) is 3.52. The lowest BCUT2D eigenvalue weighted by Crippen LogP contribution is -2.48. The Balaban J connectivity index is 1.78. The number of carbonyl (C=O) groups excluding carboxylic acids is 1. The molecule has 1 aromatic rings. The zero-order valence-corrected chi connectivity index (χ0v) is 14.0. The highest BCUT2D eigenvalue weighted by Crippen LogP contribution is 2.31. The number of nitrogens with zero attached hydrogens (tertiary/aromatic N) is 1. The number of fused-ring (bicyclic) bond motifs is 2. The molecule has 0 radical (unpaired) electrons. The van der Waals surface area contributed by atoms with Gasteiger partial charge in [0, 0.05) is 29.6 Å². The molecule has 0 aliphatic carbocycles. The first kappa shape index (κ1) is 14.9. The molecule has 2 bridgehead atoms. The molecule has 3 rings (SSSR count). The number of halogens is 1. The normalized spacial score (nSPS) is 27.5. The first-order chi connectivity index (χ1) is 10.1. The van der Waals surface area contributed by atoms with Crippen LogP contribution in [-0.2, 0) is 0 Å². The van der Waals surface area contributed by atoms with Crippen LogP contribution in [0.5, 0.6) is 5.75 Å². The second kappa shape index (κ2) is 5.97. The van der Waals surface area contributed by atoms with E-state index in [1.807, 2.05) is 30.1 Å². The van der Waals surface area contributed by atoms with Crippen molar-refractivity contribution in [2.24, 2.45) is 0 Å². The van der Waals surface area contributed by atoms with Gasteiger partial charge in [-0.3, -0.25) is 4.79 Å². The van der Waals surface area contributed by atoms with Gasteiger partial charge in [0.15, 0.2) is 0 Å². The Labute approximate surface area is 134 Å². The van der Waals surface area contributed by atoms with Gasteiger partial charge in [0.1, 0.15) is 5.75 Å². The maximum Gasteiger partial charge on any atom is 0.257 e. The summed E-state index contributed by atoms with van der Waals surface area (Å²) in [4.78, 5) is 14.7. The van der Waals surface area contributed by atoms with Gasteiger partial charge in [-0.05, 0) is 43.9 Å². The third-order valence-electron chi connectivity index (χ3n) is 4.71. The van der Waals surface area contributed by atoms with Gasteiger partial charge in [0.25, 0.3) is 5.91 Å². The Kier molecular flexibility index (Phi) is 4.22. The van der Waals surface area contributed by atoms with E-state index in [-0.39, 0.29) is 5.91 Å². The van der Waals surface area contributed by atoms with Crippen molar-refractivity contribution in [1.82, 2.24) is 10.2 Å². The Morgan fingerprint density at radius 1 is 1.33 bits per heavy atom. The quantitative estimate of drug-likeness (QED) is 0.909. The first-order valence-electron chi connectivity index (χ1n) is 7.45. The van der Waals surface area contributed by atoms with Gasteiger partial charge >= 0.3 is 0 Å². The van der Waals surface area contributed by atoms with E-state index in [0.29, 0.717) is 29.4 Å².